The molecule has 2 heterocycles. The molecule has 3 rings (SSSR count). The van der Waals surface area contributed by atoms with Gasteiger partial charge >= 0.3 is 0 Å². The first-order chi connectivity index (χ1) is 12.8. The Kier molecular flexibility index (Phi) is 5.96. The molecular weight excluding hydrogens is 380 g/mol. The molecule has 6 nitrogen and oxygen atoms in total. The van der Waals surface area contributed by atoms with Crippen LogP contribution in [-0.2, 0) is 16.0 Å². The summed E-state index contributed by atoms with van der Waals surface area (Å²) in [5.74, 6) is 1.88. The van der Waals surface area contributed by atoms with Crippen LogP contribution in [0.5, 0.6) is 0 Å². The number of rotatable bonds is 6. The first kappa shape index (κ1) is 19.6. The lowest BCUT2D eigenvalue weighted by Gasteiger charge is -2.18. The van der Waals surface area contributed by atoms with Gasteiger partial charge in [-0.15, -0.1) is 23.1 Å². The average Bonchev–Trinajstić information content (AvgIpc) is 3.23. The van der Waals surface area contributed by atoms with Crippen LogP contribution >= 0.6 is 23.1 Å². The predicted octanol–water partition coefficient (Wildman–Crippen LogP) is 4.67. The van der Waals surface area contributed by atoms with Crippen molar-refractivity contribution in [2.45, 2.75) is 38.9 Å². The first-order valence-corrected chi connectivity index (χ1v) is 10.6. The van der Waals surface area contributed by atoms with E-state index in [4.69, 9.17) is 4.52 Å². The maximum Gasteiger partial charge on any atom is 0.236 e. The van der Waals surface area contributed by atoms with E-state index in [2.05, 4.69) is 65.5 Å². The second kappa shape index (κ2) is 8.22. The van der Waals surface area contributed by atoms with Gasteiger partial charge in [-0.3, -0.25) is 4.79 Å². The molecular formula is C19H22N4O2S2. The molecule has 0 radical (unpaired) electrons. The van der Waals surface area contributed by atoms with Crippen LogP contribution in [0.3, 0.4) is 0 Å². The van der Waals surface area contributed by atoms with Crippen LogP contribution in [0, 0.1) is 6.92 Å². The molecule has 3 aromatic rings. The largest absolute Gasteiger partial charge is 0.340 e. The number of hydrogen-bond acceptors (Lipinski definition) is 7. The smallest absolute Gasteiger partial charge is 0.236 e. The minimum atomic E-state index is -0.0933. The highest BCUT2D eigenvalue weighted by atomic mass is 32.2. The number of amides is 1. The fraction of sp³-hybridized carbons (Fsp3) is 0.368. The Morgan fingerprint density at radius 3 is 2.59 bits per heavy atom. The molecule has 1 amide bonds. The van der Waals surface area contributed by atoms with Crippen LogP contribution in [0.1, 0.15) is 38.0 Å². The molecule has 0 saturated heterocycles. The van der Waals surface area contributed by atoms with Crippen LogP contribution in [0.2, 0.25) is 0 Å². The van der Waals surface area contributed by atoms with E-state index in [0.717, 1.165) is 11.3 Å². The van der Waals surface area contributed by atoms with Gasteiger partial charge in [0.15, 0.2) is 11.0 Å². The van der Waals surface area contributed by atoms with E-state index in [-0.39, 0.29) is 11.3 Å². The molecule has 0 fully saturated rings. The fourth-order valence-corrected chi connectivity index (χ4v) is 3.79. The Bertz CT molecular complexity index is 910. The summed E-state index contributed by atoms with van der Waals surface area (Å²) >= 11 is 2.86. The van der Waals surface area contributed by atoms with Crippen LogP contribution in [0.25, 0.3) is 11.3 Å². The van der Waals surface area contributed by atoms with Crippen molar-refractivity contribution in [2.75, 3.05) is 11.1 Å². The van der Waals surface area contributed by atoms with Gasteiger partial charge in [0.2, 0.25) is 11.8 Å². The van der Waals surface area contributed by atoms with E-state index in [9.17, 15) is 4.79 Å². The lowest BCUT2D eigenvalue weighted by molar-refractivity contribution is -0.113. The van der Waals surface area contributed by atoms with Gasteiger partial charge in [-0.25, -0.2) is 4.98 Å². The number of thiazole rings is 1. The van der Waals surface area contributed by atoms with Gasteiger partial charge in [-0.2, -0.15) is 4.98 Å². The predicted molar refractivity (Wildman–Crippen MR) is 110 cm³/mol. The molecule has 0 unspecified atom stereocenters. The molecule has 0 spiro atoms. The van der Waals surface area contributed by atoms with E-state index in [1.807, 2.05) is 5.38 Å². The van der Waals surface area contributed by atoms with E-state index in [1.54, 1.807) is 6.92 Å². The lowest BCUT2D eigenvalue weighted by Crippen LogP contribution is -2.14. The van der Waals surface area contributed by atoms with Crippen LogP contribution in [-0.4, -0.2) is 26.8 Å². The molecule has 0 aliphatic heterocycles. The van der Waals surface area contributed by atoms with Crippen molar-refractivity contribution in [1.29, 1.82) is 0 Å². The van der Waals surface area contributed by atoms with Crippen molar-refractivity contribution in [2.24, 2.45) is 0 Å². The average molecular weight is 403 g/mol. The normalized spacial score (nSPS) is 11.6. The van der Waals surface area contributed by atoms with Crippen molar-refractivity contribution in [3.63, 3.8) is 0 Å². The molecule has 1 aromatic carbocycles. The molecule has 1 N–H and O–H groups in total. The highest BCUT2D eigenvalue weighted by Crippen LogP contribution is 2.28. The number of hydrogen-bond donors (Lipinski definition) is 1. The standard InChI is InChI=1S/C19H22N4O2S2/c1-12-20-16(23-25-12)10-26-11-17(24)22-18-21-15(9-27-18)13-5-7-14(8-6-13)19(2,3)4/h5-9H,10-11H2,1-4H3,(H,21,22,24). The Balaban J connectivity index is 1.53. The summed E-state index contributed by atoms with van der Waals surface area (Å²) in [4.78, 5) is 20.7. The number of thioether (sulfide) groups is 1. The zero-order valence-corrected chi connectivity index (χ0v) is 17.4. The van der Waals surface area contributed by atoms with E-state index in [0.29, 0.717) is 28.4 Å². The number of carbonyl (C=O) groups is 1. The van der Waals surface area contributed by atoms with Gasteiger partial charge in [0.1, 0.15) is 0 Å². The maximum atomic E-state index is 12.1. The minimum Gasteiger partial charge on any atom is -0.340 e. The molecule has 2 aromatic heterocycles. The van der Waals surface area contributed by atoms with Gasteiger partial charge in [-0.1, -0.05) is 50.2 Å². The maximum absolute atomic E-state index is 12.1. The second-order valence-electron chi connectivity index (χ2n) is 7.14. The van der Waals surface area contributed by atoms with Crippen molar-refractivity contribution < 1.29 is 9.32 Å². The number of nitrogens with one attached hydrogen (secondary N) is 1. The van der Waals surface area contributed by atoms with Gasteiger partial charge in [0.05, 0.1) is 17.2 Å². The lowest BCUT2D eigenvalue weighted by atomic mass is 9.86. The quantitative estimate of drug-likeness (QED) is 0.645. The molecule has 142 valence electrons. The summed E-state index contributed by atoms with van der Waals surface area (Å²) in [5, 5.41) is 9.21. The van der Waals surface area contributed by atoms with Crippen LogP contribution in [0.4, 0.5) is 5.13 Å². The van der Waals surface area contributed by atoms with Gasteiger partial charge < -0.3 is 9.84 Å². The summed E-state index contributed by atoms with van der Waals surface area (Å²) in [6.07, 6.45) is 0. The Morgan fingerprint density at radius 1 is 1.22 bits per heavy atom. The summed E-state index contributed by atoms with van der Waals surface area (Å²) in [5.41, 5.74) is 3.31. The topological polar surface area (TPSA) is 80.9 Å². The van der Waals surface area contributed by atoms with Gasteiger partial charge in [-0.05, 0) is 11.0 Å². The number of carbonyl (C=O) groups excluding carboxylic acids is 1. The van der Waals surface area contributed by atoms with E-state index in [1.165, 1.54) is 28.7 Å². The second-order valence-corrected chi connectivity index (χ2v) is 8.98. The molecule has 0 aliphatic carbocycles. The number of aromatic nitrogens is 3. The van der Waals surface area contributed by atoms with Gasteiger partial charge in [0, 0.05) is 17.9 Å². The van der Waals surface area contributed by atoms with Crippen molar-refractivity contribution in [3.8, 4) is 11.3 Å². The number of nitrogens with zero attached hydrogens (tertiary/aromatic N) is 3. The molecule has 27 heavy (non-hydrogen) atoms. The SMILES string of the molecule is Cc1nc(CSCC(=O)Nc2nc(-c3ccc(C(C)(C)C)cc3)cs2)no1. The molecule has 0 atom stereocenters. The Labute approximate surface area is 166 Å². The summed E-state index contributed by atoms with van der Waals surface area (Å²) in [6, 6.07) is 8.40. The zero-order chi connectivity index (χ0) is 19.4. The number of aryl methyl sites for hydroxylation is 1. The van der Waals surface area contributed by atoms with Crippen molar-refractivity contribution >= 4 is 34.1 Å². The highest BCUT2D eigenvalue weighted by Gasteiger charge is 2.14. The number of anilines is 1. The molecule has 0 aliphatic rings. The summed E-state index contributed by atoms with van der Waals surface area (Å²) in [6.45, 7) is 8.31. The monoisotopic (exact) mass is 402 g/mol. The van der Waals surface area contributed by atoms with E-state index >= 15 is 0 Å². The van der Waals surface area contributed by atoms with Crippen LogP contribution < -0.4 is 5.32 Å². The highest BCUT2D eigenvalue weighted by molar-refractivity contribution is 7.99. The zero-order valence-electron chi connectivity index (χ0n) is 15.8. The Morgan fingerprint density at radius 2 is 1.96 bits per heavy atom. The minimum absolute atomic E-state index is 0.0933. The Hall–Kier alpha value is -2.19. The number of benzene rings is 1. The third kappa shape index (κ3) is 5.40. The van der Waals surface area contributed by atoms with Crippen molar-refractivity contribution in [3.05, 3.63) is 46.9 Å². The summed E-state index contributed by atoms with van der Waals surface area (Å²) < 4.78 is 4.90. The molecule has 0 saturated carbocycles. The third-order valence-electron chi connectivity index (χ3n) is 3.83. The fourth-order valence-electron chi connectivity index (χ4n) is 2.40. The molecule has 8 heteroatoms. The van der Waals surface area contributed by atoms with Crippen LogP contribution in [0.15, 0.2) is 34.2 Å². The third-order valence-corrected chi connectivity index (χ3v) is 5.52. The first-order valence-electron chi connectivity index (χ1n) is 8.54. The van der Waals surface area contributed by atoms with Crippen molar-refractivity contribution in [1.82, 2.24) is 15.1 Å². The molecule has 0 bridgehead atoms. The van der Waals surface area contributed by atoms with Gasteiger partial charge in [0.25, 0.3) is 0 Å². The summed E-state index contributed by atoms with van der Waals surface area (Å²) in [7, 11) is 0. The van der Waals surface area contributed by atoms with E-state index < -0.39 is 0 Å².